The van der Waals surface area contributed by atoms with Gasteiger partial charge in [0.2, 0.25) is 0 Å². The van der Waals surface area contributed by atoms with Crippen molar-refractivity contribution in [2.75, 3.05) is 0 Å². The molecule has 43 heavy (non-hydrogen) atoms. The summed E-state index contributed by atoms with van der Waals surface area (Å²) < 4.78 is 0. The summed E-state index contributed by atoms with van der Waals surface area (Å²) in [4.78, 5) is 33.5. The second-order valence-corrected chi connectivity index (χ2v) is 12.3. The zero-order valence-corrected chi connectivity index (χ0v) is 26.3. The zero-order valence-electron chi connectivity index (χ0n) is 26.3. The first-order valence-electron chi connectivity index (χ1n) is 15.5. The number of aromatic amines is 3. The molecule has 3 aromatic rings. The lowest BCUT2D eigenvalue weighted by atomic mass is 9.86. The molecule has 0 spiro atoms. The molecule has 8 N–H and O–H groups in total. The number of aliphatic hydroxyl groups excluding tert-OH is 1. The molecule has 4 heterocycles. The number of carboxylic acid groups (broad SMARTS) is 2. The number of rotatable bonds is 14. The van der Waals surface area contributed by atoms with Crippen molar-refractivity contribution in [1.29, 1.82) is 0 Å². The topological polar surface area (TPSA) is 174 Å². The van der Waals surface area contributed by atoms with Gasteiger partial charge in [-0.15, -0.1) is 0 Å². The molecule has 4 rings (SSSR count). The molecule has 0 aromatic carbocycles. The van der Waals surface area contributed by atoms with Gasteiger partial charge in [-0.3, -0.25) is 14.9 Å². The minimum Gasteiger partial charge on any atom is -0.494 e. The van der Waals surface area contributed by atoms with E-state index < -0.39 is 18.2 Å². The predicted octanol–water partition coefficient (Wildman–Crippen LogP) is 4.58. The van der Waals surface area contributed by atoms with Crippen molar-refractivity contribution in [2.45, 2.75) is 112 Å². The summed E-state index contributed by atoms with van der Waals surface area (Å²) >= 11 is 0. The molecule has 1 aliphatic heterocycles. The van der Waals surface area contributed by atoms with Crippen LogP contribution in [0.25, 0.3) is 0 Å². The maximum Gasteiger partial charge on any atom is 0.303 e. The molecule has 4 atom stereocenters. The third kappa shape index (κ3) is 6.86. The van der Waals surface area contributed by atoms with Crippen LogP contribution in [0.3, 0.4) is 0 Å². The molecule has 0 amide bonds. The number of aliphatic hydroxyl groups is 1. The van der Waals surface area contributed by atoms with Gasteiger partial charge in [-0.1, -0.05) is 27.2 Å². The van der Waals surface area contributed by atoms with Gasteiger partial charge in [-0.2, -0.15) is 0 Å². The summed E-state index contributed by atoms with van der Waals surface area (Å²) in [6, 6.07) is 0.103. The Morgan fingerprint density at radius 2 is 1.23 bits per heavy atom. The molecule has 0 aliphatic carbocycles. The molecule has 0 saturated carbocycles. The standard InChI is InChI=1S/C33H48N4O6/c1-7-20-19(6)32(42)37-27(20)14-25-18(5)23(10-12-31(40)41)29(35-25)15-28-22(9-11-30(38)39)17(4)24(34-28)13-26-16(3)21(8-2)33(43)36-26/h19-20,27,32,34-37,42-43H,7-15H2,1-6H3,(H,38,39)(H,40,41)/t19-,20-,27-,32-/m1/s1. The second-order valence-electron chi connectivity index (χ2n) is 12.3. The number of aromatic hydroxyl groups is 1. The van der Waals surface area contributed by atoms with Gasteiger partial charge in [0.15, 0.2) is 5.88 Å². The van der Waals surface area contributed by atoms with Crippen LogP contribution in [0.15, 0.2) is 0 Å². The second kappa shape index (κ2) is 13.4. The number of H-pyrrole nitrogens is 3. The highest BCUT2D eigenvalue weighted by molar-refractivity contribution is 5.68. The van der Waals surface area contributed by atoms with E-state index in [1.165, 1.54) is 0 Å². The molecule has 10 heteroatoms. The van der Waals surface area contributed by atoms with E-state index in [4.69, 9.17) is 0 Å². The minimum atomic E-state index is -0.864. The lowest BCUT2D eigenvalue weighted by Gasteiger charge is -2.20. The first-order chi connectivity index (χ1) is 20.4. The zero-order chi connectivity index (χ0) is 31.6. The minimum absolute atomic E-state index is 0.000571. The van der Waals surface area contributed by atoms with Crippen LogP contribution in [-0.2, 0) is 48.1 Å². The predicted molar refractivity (Wildman–Crippen MR) is 165 cm³/mol. The normalized spacial score (nSPS) is 20.3. The third-order valence-electron chi connectivity index (χ3n) is 9.81. The van der Waals surface area contributed by atoms with Crippen molar-refractivity contribution in [3.05, 3.63) is 61.9 Å². The average Bonchev–Trinajstić information content (AvgIpc) is 3.59. The fraction of sp³-hybridized carbons (Fsp3) is 0.576. The van der Waals surface area contributed by atoms with Crippen LogP contribution in [0.1, 0.15) is 102 Å². The van der Waals surface area contributed by atoms with Crippen LogP contribution in [0.2, 0.25) is 0 Å². The fourth-order valence-corrected chi connectivity index (χ4v) is 7.16. The van der Waals surface area contributed by atoms with E-state index in [1.807, 2.05) is 27.7 Å². The highest BCUT2D eigenvalue weighted by Crippen LogP contribution is 2.34. The van der Waals surface area contributed by atoms with Crippen molar-refractivity contribution in [3.63, 3.8) is 0 Å². The van der Waals surface area contributed by atoms with Gasteiger partial charge in [0.1, 0.15) is 6.23 Å². The highest BCUT2D eigenvalue weighted by atomic mass is 16.4. The van der Waals surface area contributed by atoms with Crippen LogP contribution < -0.4 is 5.32 Å². The molecular formula is C33H48N4O6. The van der Waals surface area contributed by atoms with Crippen molar-refractivity contribution >= 4 is 11.9 Å². The Morgan fingerprint density at radius 3 is 1.74 bits per heavy atom. The molecule has 0 unspecified atom stereocenters. The molecule has 0 radical (unpaired) electrons. The summed E-state index contributed by atoms with van der Waals surface area (Å²) in [5.74, 6) is -1.07. The molecule has 236 valence electrons. The van der Waals surface area contributed by atoms with E-state index in [9.17, 15) is 30.0 Å². The number of carboxylic acids is 2. The summed E-state index contributed by atoms with van der Waals surface area (Å²) in [5.41, 5.74) is 10.7. The summed E-state index contributed by atoms with van der Waals surface area (Å²) in [6.07, 6.45) is 3.61. The smallest absolute Gasteiger partial charge is 0.303 e. The molecule has 1 fully saturated rings. The number of hydrogen-bond donors (Lipinski definition) is 8. The maximum atomic E-state index is 11.6. The van der Waals surface area contributed by atoms with E-state index >= 15 is 0 Å². The maximum absolute atomic E-state index is 11.6. The fourth-order valence-electron chi connectivity index (χ4n) is 7.16. The quantitative estimate of drug-likeness (QED) is 0.134. The summed E-state index contributed by atoms with van der Waals surface area (Å²) in [7, 11) is 0. The monoisotopic (exact) mass is 596 g/mol. The van der Waals surface area contributed by atoms with Gasteiger partial charge in [0.25, 0.3) is 0 Å². The number of aliphatic carboxylic acids is 2. The highest BCUT2D eigenvalue weighted by Gasteiger charge is 2.38. The number of aromatic nitrogens is 3. The van der Waals surface area contributed by atoms with Crippen molar-refractivity contribution in [3.8, 4) is 5.88 Å². The molecule has 0 bridgehead atoms. The van der Waals surface area contributed by atoms with Crippen molar-refractivity contribution < 1.29 is 30.0 Å². The van der Waals surface area contributed by atoms with Crippen LogP contribution in [0.5, 0.6) is 5.88 Å². The van der Waals surface area contributed by atoms with Gasteiger partial charge < -0.3 is 35.4 Å². The molecular weight excluding hydrogens is 548 g/mol. The van der Waals surface area contributed by atoms with Crippen LogP contribution in [-0.4, -0.2) is 59.6 Å². The van der Waals surface area contributed by atoms with Crippen LogP contribution in [0.4, 0.5) is 0 Å². The van der Waals surface area contributed by atoms with Gasteiger partial charge in [0.05, 0.1) is 0 Å². The SMILES string of the molecule is CCc1c(O)[nH]c(Cc2[nH]c(Cc3[nH]c(C[C@H]4N[C@H](O)[C@H](C)[C@H]4CC)c(C)c3CCC(=O)O)c(CCC(=O)O)c2C)c1C. The lowest BCUT2D eigenvalue weighted by molar-refractivity contribution is -0.138. The molecule has 1 aliphatic rings. The van der Waals surface area contributed by atoms with Crippen LogP contribution >= 0.6 is 0 Å². The summed E-state index contributed by atoms with van der Waals surface area (Å²) in [6.45, 7) is 12.2. The lowest BCUT2D eigenvalue weighted by Crippen LogP contribution is -2.33. The van der Waals surface area contributed by atoms with E-state index in [1.54, 1.807) is 0 Å². The third-order valence-corrected chi connectivity index (χ3v) is 9.81. The van der Waals surface area contributed by atoms with Crippen molar-refractivity contribution in [2.24, 2.45) is 11.8 Å². The van der Waals surface area contributed by atoms with E-state index in [0.29, 0.717) is 44.4 Å². The Morgan fingerprint density at radius 1 is 0.744 bits per heavy atom. The Hall–Kier alpha value is -3.50. The molecule has 1 saturated heterocycles. The van der Waals surface area contributed by atoms with Gasteiger partial charge in [-0.25, -0.2) is 0 Å². The number of nitrogens with one attached hydrogen (secondary N) is 4. The van der Waals surface area contributed by atoms with Crippen LogP contribution in [0, 0.1) is 32.6 Å². The number of hydrogen-bond acceptors (Lipinski definition) is 5. The summed E-state index contributed by atoms with van der Waals surface area (Å²) in [5, 5.41) is 43.2. The number of carbonyl (C=O) groups is 2. The van der Waals surface area contributed by atoms with Crippen molar-refractivity contribution in [1.82, 2.24) is 20.3 Å². The Kier molecular flexibility index (Phi) is 10.1. The van der Waals surface area contributed by atoms with E-state index in [-0.39, 0.29) is 30.7 Å². The Bertz CT molecular complexity index is 1460. The van der Waals surface area contributed by atoms with Gasteiger partial charge in [0, 0.05) is 72.2 Å². The van der Waals surface area contributed by atoms with E-state index in [0.717, 1.165) is 68.3 Å². The Balaban J connectivity index is 1.71. The molecule has 3 aromatic heterocycles. The Labute approximate surface area is 253 Å². The van der Waals surface area contributed by atoms with Gasteiger partial charge in [-0.05, 0) is 79.7 Å². The van der Waals surface area contributed by atoms with Gasteiger partial charge >= 0.3 is 11.9 Å². The molecule has 10 nitrogen and oxygen atoms in total. The largest absolute Gasteiger partial charge is 0.494 e. The first kappa shape index (κ1) is 32.4. The van der Waals surface area contributed by atoms with E-state index in [2.05, 4.69) is 34.1 Å². The first-order valence-corrected chi connectivity index (χ1v) is 15.5. The average molecular weight is 597 g/mol.